The van der Waals surface area contributed by atoms with E-state index in [4.69, 9.17) is 9.15 Å². The smallest absolute Gasteiger partial charge is 0.257 e. The van der Waals surface area contributed by atoms with Crippen molar-refractivity contribution in [2.75, 3.05) is 26.3 Å². The molecule has 0 amide bonds. The Morgan fingerprint density at radius 3 is 2.65 bits per heavy atom. The molecule has 1 aliphatic heterocycles. The van der Waals surface area contributed by atoms with Crippen molar-refractivity contribution in [3.05, 3.63) is 18.0 Å². The number of thiophene rings is 1. The van der Waals surface area contributed by atoms with Crippen LogP contribution in [0.5, 0.6) is 0 Å². The lowest BCUT2D eigenvalue weighted by atomic mass is 9.85. The van der Waals surface area contributed by atoms with Gasteiger partial charge in [-0.1, -0.05) is 6.42 Å². The summed E-state index contributed by atoms with van der Waals surface area (Å²) in [6.07, 6.45) is 3.37. The maximum atomic E-state index is 12.6. The minimum Gasteiger partial charge on any atom is -0.420 e. The highest BCUT2D eigenvalue weighted by Gasteiger charge is 2.29. The summed E-state index contributed by atoms with van der Waals surface area (Å²) in [5, 5.41) is 8.15. The van der Waals surface area contributed by atoms with E-state index in [1.165, 1.54) is 22.1 Å². The monoisotopic (exact) mass is 355 g/mol. The Hall–Kier alpha value is -1.29. The van der Waals surface area contributed by atoms with Crippen LogP contribution in [0.25, 0.3) is 10.8 Å². The first-order chi connectivity index (χ1) is 11.1. The molecule has 1 aliphatic carbocycles. The number of morpholine rings is 1. The summed E-state index contributed by atoms with van der Waals surface area (Å²) < 4.78 is 37.9. The van der Waals surface area contributed by atoms with Crippen molar-refractivity contribution in [3.8, 4) is 10.8 Å². The molecule has 0 bridgehead atoms. The van der Waals surface area contributed by atoms with Crippen molar-refractivity contribution >= 4 is 21.4 Å². The minimum atomic E-state index is -3.47. The molecular formula is C14H17N3O4S2. The average molecular weight is 355 g/mol. The first kappa shape index (κ1) is 15.3. The summed E-state index contributed by atoms with van der Waals surface area (Å²) in [6.45, 7) is 1.65. The van der Waals surface area contributed by atoms with Crippen molar-refractivity contribution in [2.24, 2.45) is 0 Å². The van der Waals surface area contributed by atoms with Gasteiger partial charge in [0.05, 0.1) is 18.1 Å². The Kier molecular flexibility index (Phi) is 3.96. The van der Waals surface area contributed by atoms with Gasteiger partial charge in [-0.2, -0.15) is 4.31 Å². The number of sulfonamides is 1. The van der Waals surface area contributed by atoms with E-state index in [0.717, 1.165) is 12.8 Å². The highest BCUT2D eigenvalue weighted by Crippen LogP contribution is 2.38. The fourth-order valence-corrected chi connectivity index (χ4v) is 5.43. The lowest BCUT2D eigenvalue weighted by molar-refractivity contribution is 0.0731. The molecule has 2 aromatic rings. The summed E-state index contributed by atoms with van der Waals surface area (Å²) in [5.74, 6) is 1.44. The SMILES string of the molecule is O=S(=O)(c1ccc(-c2nnc(C3CCC3)o2)s1)N1CCOCC1. The van der Waals surface area contributed by atoms with E-state index in [9.17, 15) is 8.42 Å². The molecule has 2 fully saturated rings. The second-order valence-corrected chi connectivity index (χ2v) is 8.96. The van der Waals surface area contributed by atoms with Gasteiger partial charge in [0.2, 0.25) is 5.89 Å². The molecule has 0 aromatic carbocycles. The van der Waals surface area contributed by atoms with E-state index in [2.05, 4.69) is 10.2 Å². The van der Waals surface area contributed by atoms with Crippen LogP contribution in [0.4, 0.5) is 0 Å². The molecule has 1 saturated carbocycles. The van der Waals surface area contributed by atoms with Crippen LogP contribution < -0.4 is 0 Å². The van der Waals surface area contributed by atoms with Gasteiger partial charge in [-0.05, 0) is 25.0 Å². The molecule has 3 heterocycles. The van der Waals surface area contributed by atoms with Gasteiger partial charge in [-0.3, -0.25) is 0 Å². The fraction of sp³-hybridized carbons (Fsp3) is 0.571. The number of aromatic nitrogens is 2. The predicted molar refractivity (Wildman–Crippen MR) is 83.8 cm³/mol. The molecule has 0 atom stereocenters. The summed E-state index contributed by atoms with van der Waals surface area (Å²) in [6, 6.07) is 3.34. The lowest BCUT2D eigenvalue weighted by Gasteiger charge is -2.25. The van der Waals surface area contributed by atoms with Crippen LogP contribution in [0.3, 0.4) is 0 Å². The van der Waals surface area contributed by atoms with Gasteiger partial charge in [0.25, 0.3) is 15.9 Å². The number of hydrogen-bond acceptors (Lipinski definition) is 7. The summed E-state index contributed by atoms with van der Waals surface area (Å²) in [5.41, 5.74) is 0. The first-order valence-electron chi connectivity index (χ1n) is 7.66. The van der Waals surface area contributed by atoms with Crippen molar-refractivity contribution < 1.29 is 17.6 Å². The van der Waals surface area contributed by atoms with E-state index in [-0.39, 0.29) is 0 Å². The number of rotatable bonds is 4. The Bertz CT molecular complexity index is 789. The molecule has 124 valence electrons. The van der Waals surface area contributed by atoms with Crippen molar-refractivity contribution in [1.82, 2.24) is 14.5 Å². The first-order valence-corrected chi connectivity index (χ1v) is 9.92. The second kappa shape index (κ2) is 5.97. The zero-order valence-corrected chi connectivity index (χ0v) is 14.1. The molecule has 0 radical (unpaired) electrons. The van der Waals surface area contributed by atoms with Gasteiger partial charge in [0.1, 0.15) is 4.21 Å². The highest BCUT2D eigenvalue weighted by molar-refractivity contribution is 7.91. The Balaban J connectivity index is 1.57. The van der Waals surface area contributed by atoms with Gasteiger partial charge < -0.3 is 9.15 Å². The molecule has 2 aliphatic rings. The molecule has 9 heteroatoms. The fourth-order valence-electron chi connectivity index (χ4n) is 2.64. The standard InChI is InChI=1S/C14H17N3O4S2/c18-23(19,17-6-8-20-9-7-17)12-5-4-11(22-12)14-16-15-13(21-14)10-2-1-3-10/h4-5,10H,1-3,6-9H2. The summed E-state index contributed by atoms with van der Waals surface area (Å²) in [4.78, 5) is 0.690. The largest absolute Gasteiger partial charge is 0.420 e. The number of ether oxygens (including phenoxy) is 1. The van der Waals surface area contributed by atoms with Gasteiger partial charge >= 0.3 is 0 Å². The van der Waals surface area contributed by atoms with Crippen LogP contribution in [0.2, 0.25) is 0 Å². The van der Waals surface area contributed by atoms with Crippen molar-refractivity contribution in [2.45, 2.75) is 29.4 Å². The Morgan fingerprint density at radius 1 is 1.17 bits per heavy atom. The van der Waals surface area contributed by atoms with Crippen LogP contribution in [-0.2, 0) is 14.8 Å². The number of hydrogen-bond donors (Lipinski definition) is 0. The molecular weight excluding hydrogens is 338 g/mol. The molecule has 0 N–H and O–H groups in total. The second-order valence-electron chi connectivity index (χ2n) is 5.71. The third-order valence-corrected chi connectivity index (χ3v) is 7.69. The topological polar surface area (TPSA) is 85.5 Å². The molecule has 0 unspecified atom stereocenters. The molecule has 1 saturated heterocycles. The minimum absolute atomic E-state index is 0.304. The van der Waals surface area contributed by atoms with Crippen LogP contribution in [0.15, 0.2) is 20.8 Å². The van der Waals surface area contributed by atoms with E-state index < -0.39 is 10.0 Å². The normalized spacial score (nSPS) is 20.5. The zero-order valence-electron chi connectivity index (χ0n) is 12.5. The molecule has 4 rings (SSSR count). The van der Waals surface area contributed by atoms with E-state index in [0.29, 0.717) is 53.1 Å². The summed E-state index contributed by atoms with van der Waals surface area (Å²) >= 11 is 1.17. The quantitative estimate of drug-likeness (QED) is 0.835. The molecule has 2 aromatic heterocycles. The third kappa shape index (κ3) is 2.82. The zero-order chi connectivity index (χ0) is 15.9. The van der Waals surface area contributed by atoms with Crippen LogP contribution in [0, 0.1) is 0 Å². The Morgan fingerprint density at radius 2 is 1.96 bits per heavy atom. The molecule has 23 heavy (non-hydrogen) atoms. The maximum absolute atomic E-state index is 12.6. The molecule has 7 nitrogen and oxygen atoms in total. The van der Waals surface area contributed by atoms with Crippen molar-refractivity contribution in [1.29, 1.82) is 0 Å². The predicted octanol–water partition coefficient (Wildman–Crippen LogP) is 2.09. The third-order valence-electron chi connectivity index (χ3n) is 4.25. The average Bonchev–Trinajstić information content (AvgIpc) is 3.15. The van der Waals surface area contributed by atoms with Crippen LogP contribution in [-0.4, -0.2) is 49.2 Å². The van der Waals surface area contributed by atoms with E-state index in [1.807, 2.05) is 0 Å². The highest BCUT2D eigenvalue weighted by atomic mass is 32.2. The van der Waals surface area contributed by atoms with E-state index >= 15 is 0 Å². The van der Waals surface area contributed by atoms with E-state index in [1.54, 1.807) is 12.1 Å². The van der Waals surface area contributed by atoms with Crippen LogP contribution >= 0.6 is 11.3 Å². The van der Waals surface area contributed by atoms with Gasteiger partial charge in [-0.15, -0.1) is 21.5 Å². The van der Waals surface area contributed by atoms with Gasteiger partial charge in [0.15, 0.2) is 0 Å². The maximum Gasteiger partial charge on any atom is 0.257 e. The summed E-state index contributed by atoms with van der Waals surface area (Å²) in [7, 11) is -3.47. The van der Waals surface area contributed by atoms with Gasteiger partial charge in [-0.25, -0.2) is 8.42 Å². The Labute approximate surface area is 138 Å². The lowest BCUT2D eigenvalue weighted by Crippen LogP contribution is -2.40. The van der Waals surface area contributed by atoms with Crippen molar-refractivity contribution in [3.63, 3.8) is 0 Å². The number of nitrogens with zero attached hydrogens (tertiary/aromatic N) is 3. The molecule has 0 spiro atoms. The van der Waals surface area contributed by atoms with Crippen LogP contribution in [0.1, 0.15) is 31.1 Å². The van der Waals surface area contributed by atoms with Gasteiger partial charge in [0, 0.05) is 19.0 Å².